The van der Waals surface area contributed by atoms with E-state index in [-0.39, 0.29) is 17.3 Å². The summed E-state index contributed by atoms with van der Waals surface area (Å²) < 4.78 is 29.1. The van der Waals surface area contributed by atoms with Crippen molar-refractivity contribution >= 4 is 32.4 Å². The summed E-state index contributed by atoms with van der Waals surface area (Å²) in [4.78, 5) is 22.5. The maximum atomic E-state index is 12.5. The number of ether oxygens (including phenoxy) is 1. The molecule has 28 heavy (non-hydrogen) atoms. The molecule has 0 fully saturated rings. The van der Waals surface area contributed by atoms with Gasteiger partial charge in [-0.3, -0.25) is 14.9 Å². The van der Waals surface area contributed by atoms with Crippen LogP contribution < -0.4 is 10.00 Å². The molecule has 3 rings (SSSR count). The van der Waals surface area contributed by atoms with Crippen LogP contribution in [-0.4, -0.2) is 52.8 Å². The van der Waals surface area contributed by atoms with Crippen molar-refractivity contribution in [3.8, 4) is 0 Å². The fraction of sp³-hybridized carbons (Fsp3) is 0.133. The lowest BCUT2D eigenvalue weighted by Crippen LogP contribution is -2.45. The van der Waals surface area contributed by atoms with Gasteiger partial charge in [-0.25, -0.2) is 0 Å². The molecule has 2 N–H and O–H groups in total. The molecular weight excluding hydrogens is 392 g/mol. The highest BCUT2D eigenvalue weighted by atomic mass is 32.2. The molecule has 12 nitrogen and oxygen atoms in total. The standard InChI is InChI=1S/C15H12N6O6S/c1-27-12-7-11(21(23)24)13(28(25)26)8-10(12)20-14(17-18-19-20)15(22)16-9-5-3-2-4-6-9/h2-8,11H,1H3,(H,16,22)/p+1. The highest BCUT2D eigenvalue weighted by Gasteiger charge is 2.37. The molecule has 1 heterocycles. The van der Waals surface area contributed by atoms with Crippen molar-refractivity contribution in [1.29, 1.82) is 0 Å². The van der Waals surface area contributed by atoms with Gasteiger partial charge in [0.25, 0.3) is 6.04 Å². The molecule has 1 aliphatic carbocycles. The highest BCUT2D eigenvalue weighted by Crippen LogP contribution is 2.20. The number of aromatic nitrogens is 4. The van der Waals surface area contributed by atoms with Crippen LogP contribution in [-0.2, 0) is 15.0 Å². The van der Waals surface area contributed by atoms with Crippen molar-refractivity contribution in [3.63, 3.8) is 0 Å². The van der Waals surface area contributed by atoms with E-state index < -0.39 is 32.0 Å². The number of carbonyl (C=O) groups is 1. The summed E-state index contributed by atoms with van der Waals surface area (Å²) in [5.41, 5.74) is 0.520. The number of H-pyrrole nitrogens is 1. The number of nitro groups is 1. The van der Waals surface area contributed by atoms with Crippen LogP contribution in [0.1, 0.15) is 10.6 Å². The van der Waals surface area contributed by atoms with Crippen LogP contribution in [0.3, 0.4) is 0 Å². The summed E-state index contributed by atoms with van der Waals surface area (Å²) in [5.74, 6) is -0.883. The average Bonchev–Trinajstić information content (AvgIpc) is 3.17. The minimum absolute atomic E-state index is 0.0167. The summed E-state index contributed by atoms with van der Waals surface area (Å²) in [6.07, 6.45) is 2.04. The fourth-order valence-electron chi connectivity index (χ4n) is 2.49. The first-order chi connectivity index (χ1) is 13.4. The zero-order valence-electron chi connectivity index (χ0n) is 14.3. The molecule has 13 heteroatoms. The van der Waals surface area contributed by atoms with E-state index in [1.165, 1.54) is 7.11 Å². The second-order valence-electron chi connectivity index (χ2n) is 5.41. The number of para-hydroxylation sites is 1. The number of rotatable bonds is 5. The third-order valence-corrected chi connectivity index (χ3v) is 4.49. The SMILES string of the molecule is COC1=CC([N+](=O)[O-])C(=S(=O)=O)C=C1[n+]1[nH]nnc1C(=O)Nc1ccccc1. The van der Waals surface area contributed by atoms with Gasteiger partial charge in [-0.2, -0.15) is 8.42 Å². The molecule has 1 aromatic carbocycles. The summed E-state index contributed by atoms with van der Waals surface area (Å²) >= 11 is 0. The number of hydrogen-bond acceptors (Lipinski definition) is 8. The Morgan fingerprint density at radius 3 is 2.68 bits per heavy atom. The summed E-state index contributed by atoms with van der Waals surface area (Å²) in [5, 5.41) is 23.5. The van der Waals surface area contributed by atoms with E-state index in [1.807, 2.05) is 0 Å². The minimum atomic E-state index is -2.87. The molecular formula is C15H13N6O6S+. The van der Waals surface area contributed by atoms with E-state index in [9.17, 15) is 23.3 Å². The molecule has 1 amide bonds. The average molecular weight is 405 g/mol. The monoisotopic (exact) mass is 405 g/mol. The molecule has 1 unspecified atom stereocenters. The lowest BCUT2D eigenvalue weighted by Gasteiger charge is -2.15. The first-order valence-electron chi connectivity index (χ1n) is 7.69. The summed E-state index contributed by atoms with van der Waals surface area (Å²) in [6.45, 7) is 0. The predicted molar refractivity (Wildman–Crippen MR) is 95.0 cm³/mol. The maximum Gasteiger partial charge on any atom is 0.395 e. The van der Waals surface area contributed by atoms with Gasteiger partial charge in [-0.05, 0) is 12.1 Å². The number of nitrogens with zero attached hydrogens (tertiary/aromatic N) is 4. The van der Waals surface area contributed by atoms with Crippen LogP contribution in [0.4, 0.5) is 5.69 Å². The van der Waals surface area contributed by atoms with Crippen molar-refractivity contribution < 1.29 is 27.6 Å². The van der Waals surface area contributed by atoms with Crippen molar-refractivity contribution in [2.75, 3.05) is 12.4 Å². The van der Waals surface area contributed by atoms with E-state index in [4.69, 9.17) is 4.74 Å². The minimum Gasteiger partial charge on any atom is -0.493 e. The summed E-state index contributed by atoms with van der Waals surface area (Å²) in [7, 11) is -1.62. The third-order valence-electron chi connectivity index (χ3n) is 3.75. The normalized spacial score (nSPS) is 16.0. The number of benzene rings is 1. The lowest BCUT2D eigenvalue weighted by molar-refractivity contribution is -0.648. The van der Waals surface area contributed by atoms with Crippen molar-refractivity contribution in [2.45, 2.75) is 6.04 Å². The maximum absolute atomic E-state index is 12.5. The fourth-order valence-corrected chi connectivity index (χ4v) is 3.05. The number of nitrogens with one attached hydrogen (secondary N) is 2. The van der Waals surface area contributed by atoms with E-state index in [0.29, 0.717) is 5.69 Å². The van der Waals surface area contributed by atoms with Crippen molar-refractivity contribution in [2.24, 2.45) is 0 Å². The Morgan fingerprint density at radius 1 is 1.36 bits per heavy atom. The van der Waals surface area contributed by atoms with Gasteiger partial charge in [0.1, 0.15) is 5.10 Å². The van der Waals surface area contributed by atoms with Gasteiger partial charge in [0, 0.05) is 22.8 Å². The second kappa shape index (κ2) is 7.79. The number of hydrogen-bond donors (Lipinski definition) is 2. The number of carbonyl (C=O) groups excluding carboxylic acids is 1. The molecule has 1 aliphatic rings. The Kier molecular flexibility index (Phi) is 5.26. The molecule has 0 radical (unpaired) electrons. The number of allylic oxidation sites excluding steroid dienone is 1. The Labute approximate surface area is 158 Å². The van der Waals surface area contributed by atoms with E-state index >= 15 is 0 Å². The van der Waals surface area contributed by atoms with Crippen LogP contribution in [0.5, 0.6) is 0 Å². The van der Waals surface area contributed by atoms with Crippen LogP contribution >= 0.6 is 0 Å². The zero-order chi connectivity index (χ0) is 20.3. The molecule has 0 spiro atoms. The van der Waals surface area contributed by atoms with Crippen LogP contribution in [0, 0.1) is 10.1 Å². The Bertz CT molecular complexity index is 1130. The van der Waals surface area contributed by atoms with E-state index in [2.05, 4.69) is 20.8 Å². The molecule has 0 saturated heterocycles. The smallest absolute Gasteiger partial charge is 0.395 e. The van der Waals surface area contributed by atoms with Crippen LogP contribution in [0.2, 0.25) is 0 Å². The Balaban J connectivity index is 2.04. The second-order valence-corrected chi connectivity index (χ2v) is 6.35. The topological polar surface area (TPSA) is 161 Å². The number of aromatic amines is 1. The number of amides is 1. The van der Waals surface area contributed by atoms with Crippen molar-refractivity contribution in [3.05, 3.63) is 64.2 Å². The van der Waals surface area contributed by atoms with Crippen LogP contribution in [0.25, 0.3) is 5.70 Å². The molecule has 144 valence electrons. The lowest BCUT2D eigenvalue weighted by atomic mass is 10.1. The third kappa shape index (κ3) is 3.64. The Hall–Kier alpha value is -3.87. The van der Waals surface area contributed by atoms with Gasteiger partial charge >= 0.3 is 11.7 Å². The van der Waals surface area contributed by atoms with Gasteiger partial charge in [-0.1, -0.05) is 23.4 Å². The number of anilines is 1. The number of methoxy groups -OCH3 is 1. The first-order valence-corrected chi connectivity index (χ1v) is 8.77. The van der Waals surface area contributed by atoms with Crippen molar-refractivity contribution in [1.82, 2.24) is 15.5 Å². The largest absolute Gasteiger partial charge is 0.493 e. The molecule has 1 aromatic heterocycles. The first kappa shape index (κ1) is 18.9. The van der Waals surface area contributed by atoms with E-state index in [0.717, 1.165) is 16.8 Å². The van der Waals surface area contributed by atoms with Gasteiger partial charge in [0.05, 0.1) is 7.11 Å². The zero-order valence-corrected chi connectivity index (χ0v) is 15.1. The number of tetrazole rings is 1. The molecule has 2 aromatic rings. The van der Waals surface area contributed by atoms with Gasteiger partial charge in [0.2, 0.25) is 10.3 Å². The summed E-state index contributed by atoms with van der Waals surface area (Å²) in [6, 6.07) is 6.94. The van der Waals surface area contributed by atoms with Crippen LogP contribution in [0.15, 0.2) is 48.2 Å². The van der Waals surface area contributed by atoms with Gasteiger partial charge in [-0.15, -0.1) is 4.68 Å². The molecule has 1 atom stereocenters. The molecule has 0 aliphatic heterocycles. The Morgan fingerprint density at radius 2 is 2.07 bits per heavy atom. The molecule has 0 bridgehead atoms. The highest BCUT2D eigenvalue weighted by molar-refractivity contribution is 7.73. The van der Waals surface area contributed by atoms with E-state index in [1.54, 1.807) is 30.3 Å². The molecule has 0 saturated carbocycles. The van der Waals surface area contributed by atoms with Gasteiger partial charge in [0.15, 0.2) is 21.5 Å². The predicted octanol–water partition coefficient (Wildman–Crippen LogP) is -0.574. The van der Waals surface area contributed by atoms with Gasteiger partial charge < -0.3 is 10.1 Å². The quantitative estimate of drug-likeness (QED) is 0.289.